The number of hydrogen-bond donors (Lipinski definition) is 1. The minimum Gasteiger partial charge on any atom is -0.349 e. The van der Waals surface area contributed by atoms with Gasteiger partial charge in [0.15, 0.2) is 0 Å². The van der Waals surface area contributed by atoms with E-state index in [0.29, 0.717) is 6.54 Å². The number of nitrogens with zero attached hydrogens (tertiary/aromatic N) is 4. The van der Waals surface area contributed by atoms with Gasteiger partial charge < -0.3 is 5.32 Å². The topological polar surface area (TPSA) is 62.5 Å². The molecule has 1 amide bonds. The van der Waals surface area contributed by atoms with Crippen LogP contribution in [-0.4, -0.2) is 39.5 Å². The summed E-state index contributed by atoms with van der Waals surface area (Å²) in [7, 11) is 3.82. The molecule has 1 N–H and O–H groups in total. The number of likely N-dealkylation sites (N-methyl/N-ethyl adjacent to an activating group) is 1. The Hall–Kier alpha value is -2.25. The van der Waals surface area contributed by atoms with Crippen molar-refractivity contribution in [3.63, 3.8) is 0 Å². The van der Waals surface area contributed by atoms with Crippen molar-refractivity contribution in [2.24, 2.45) is 0 Å². The Morgan fingerprint density at radius 3 is 2.83 bits per heavy atom. The van der Waals surface area contributed by atoms with E-state index in [1.807, 2.05) is 63.3 Å². The van der Waals surface area contributed by atoms with Gasteiger partial charge in [-0.05, 0) is 33.5 Å². The van der Waals surface area contributed by atoms with Gasteiger partial charge in [-0.2, -0.15) is 5.10 Å². The smallest absolute Gasteiger partial charge is 0.242 e. The Morgan fingerprint density at radius 1 is 1.38 bits per heavy atom. The molecule has 7 heteroatoms. The Balaban J connectivity index is 1.72. The van der Waals surface area contributed by atoms with Crippen LogP contribution in [0.5, 0.6) is 0 Å². The second-order valence-electron chi connectivity index (χ2n) is 6.08. The van der Waals surface area contributed by atoms with E-state index in [4.69, 9.17) is 0 Å². The summed E-state index contributed by atoms with van der Waals surface area (Å²) in [4.78, 5) is 19.9. The highest BCUT2D eigenvalue weighted by atomic mass is 32.1. The van der Waals surface area contributed by atoms with Crippen molar-refractivity contribution in [3.05, 3.63) is 52.3 Å². The molecule has 3 rings (SSSR count). The third-order valence-corrected chi connectivity index (χ3v) is 4.60. The predicted octanol–water partition coefficient (Wildman–Crippen LogP) is 2.33. The fourth-order valence-corrected chi connectivity index (χ4v) is 3.47. The molecule has 0 fully saturated rings. The maximum Gasteiger partial charge on any atom is 0.242 e. The van der Waals surface area contributed by atoms with E-state index >= 15 is 0 Å². The summed E-state index contributed by atoms with van der Waals surface area (Å²) >= 11 is 1.54. The molecule has 0 spiro atoms. The van der Waals surface area contributed by atoms with Crippen LogP contribution >= 0.6 is 11.3 Å². The van der Waals surface area contributed by atoms with Gasteiger partial charge in [0.2, 0.25) is 10.9 Å². The maximum absolute atomic E-state index is 12.7. The second kappa shape index (κ2) is 6.70. The Kier molecular flexibility index (Phi) is 4.64. The summed E-state index contributed by atoms with van der Waals surface area (Å²) in [6.07, 6.45) is 1.86. The summed E-state index contributed by atoms with van der Waals surface area (Å²) in [6.45, 7) is 4.37. The third kappa shape index (κ3) is 3.47. The van der Waals surface area contributed by atoms with Gasteiger partial charge in [-0.25, -0.2) is 9.50 Å². The molecular weight excluding hydrogens is 322 g/mol. The van der Waals surface area contributed by atoms with Gasteiger partial charge in [0, 0.05) is 0 Å². The van der Waals surface area contributed by atoms with Gasteiger partial charge >= 0.3 is 0 Å². The van der Waals surface area contributed by atoms with E-state index in [1.54, 1.807) is 4.52 Å². The van der Waals surface area contributed by atoms with E-state index in [9.17, 15) is 4.79 Å². The molecule has 0 radical (unpaired) electrons. The Morgan fingerprint density at radius 2 is 2.17 bits per heavy atom. The van der Waals surface area contributed by atoms with Gasteiger partial charge in [0.05, 0.1) is 18.4 Å². The van der Waals surface area contributed by atoms with Crippen molar-refractivity contribution in [3.8, 4) is 0 Å². The van der Waals surface area contributed by atoms with Crippen molar-refractivity contribution in [2.75, 3.05) is 14.1 Å². The SMILES string of the molecule is Cc1cccc(C(C(=O)NCc2cn3nc(C)sc3n2)N(C)C)c1. The molecule has 1 unspecified atom stereocenters. The highest BCUT2D eigenvalue weighted by Crippen LogP contribution is 2.20. The summed E-state index contributed by atoms with van der Waals surface area (Å²) < 4.78 is 1.76. The number of carbonyl (C=O) groups excluding carboxylic acids is 1. The maximum atomic E-state index is 12.7. The van der Waals surface area contributed by atoms with Crippen LogP contribution in [0.1, 0.15) is 27.9 Å². The van der Waals surface area contributed by atoms with Crippen LogP contribution in [0, 0.1) is 13.8 Å². The average molecular weight is 343 g/mol. The minimum atomic E-state index is -0.325. The van der Waals surface area contributed by atoms with Crippen LogP contribution in [0.3, 0.4) is 0 Å². The standard InChI is InChI=1S/C17H21N5OS/c1-11-6-5-7-13(8-11)15(21(3)4)16(23)18-9-14-10-22-17(19-14)24-12(2)20-22/h5-8,10,15H,9H2,1-4H3,(H,18,23). The van der Waals surface area contributed by atoms with Crippen LogP contribution in [0.15, 0.2) is 30.5 Å². The van der Waals surface area contributed by atoms with Crippen molar-refractivity contribution in [2.45, 2.75) is 26.4 Å². The molecule has 6 nitrogen and oxygen atoms in total. The van der Waals surface area contributed by atoms with Crippen LogP contribution < -0.4 is 5.32 Å². The van der Waals surface area contributed by atoms with Crippen molar-refractivity contribution >= 4 is 22.2 Å². The first-order valence-electron chi connectivity index (χ1n) is 7.76. The summed E-state index contributed by atoms with van der Waals surface area (Å²) in [6, 6.07) is 7.71. The zero-order valence-electron chi connectivity index (χ0n) is 14.3. The van der Waals surface area contributed by atoms with Crippen molar-refractivity contribution in [1.82, 2.24) is 24.8 Å². The number of carbonyl (C=O) groups is 1. The summed E-state index contributed by atoms with van der Waals surface area (Å²) in [5.74, 6) is -0.0360. The molecule has 2 heterocycles. The van der Waals surface area contributed by atoms with E-state index in [2.05, 4.69) is 15.4 Å². The van der Waals surface area contributed by atoms with Crippen LogP contribution in [-0.2, 0) is 11.3 Å². The summed E-state index contributed by atoms with van der Waals surface area (Å²) in [5, 5.41) is 8.29. The number of aryl methyl sites for hydroxylation is 2. The molecule has 2 aromatic heterocycles. The lowest BCUT2D eigenvalue weighted by molar-refractivity contribution is -0.126. The normalized spacial score (nSPS) is 12.7. The molecule has 0 aliphatic carbocycles. The zero-order chi connectivity index (χ0) is 17.3. The highest BCUT2D eigenvalue weighted by molar-refractivity contribution is 7.16. The minimum absolute atomic E-state index is 0.0360. The molecule has 24 heavy (non-hydrogen) atoms. The van der Waals surface area contributed by atoms with Crippen LogP contribution in [0.2, 0.25) is 0 Å². The first kappa shape index (κ1) is 16.6. The van der Waals surface area contributed by atoms with Gasteiger partial charge in [-0.15, -0.1) is 0 Å². The predicted molar refractivity (Wildman–Crippen MR) is 95.1 cm³/mol. The Bertz CT molecular complexity index is 835. The van der Waals surface area contributed by atoms with Gasteiger partial charge in [0.25, 0.3) is 0 Å². The molecule has 1 atom stereocenters. The number of rotatable bonds is 5. The number of imidazole rings is 1. The second-order valence-corrected chi connectivity index (χ2v) is 7.24. The Labute approximate surface area is 145 Å². The zero-order valence-corrected chi connectivity index (χ0v) is 15.1. The number of fused-ring (bicyclic) bond motifs is 1. The highest BCUT2D eigenvalue weighted by Gasteiger charge is 2.23. The number of aromatic nitrogens is 3. The monoisotopic (exact) mass is 343 g/mol. The first-order valence-corrected chi connectivity index (χ1v) is 8.58. The van der Waals surface area contributed by atoms with Crippen LogP contribution in [0.4, 0.5) is 0 Å². The molecule has 0 saturated carbocycles. The number of nitrogens with one attached hydrogen (secondary N) is 1. The van der Waals surface area contributed by atoms with Gasteiger partial charge in [-0.3, -0.25) is 9.69 Å². The number of benzene rings is 1. The molecule has 3 aromatic rings. The molecule has 0 bridgehead atoms. The molecule has 0 aliphatic rings. The molecule has 1 aromatic carbocycles. The van der Waals surface area contributed by atoms with Gasteiger partial charge in [0.1, 0.15) is 11.0 Å². The van der Waals surface area contributed by atoms with E-state index in [-0.39, 0.29) is 11.9 Å². The van der Waals surface area contributed by atoms with Crippen molar-refractivity contribution in [1.29, 1.82) is 0 Å². The first-order chi connectivity index (χ1) is 11.4. The third-order valence-electron chi connectivity index (χ3n) is 3.76. The lowest BCUT2D eigenvalue weighted by atomic mass is 10.0. The van der Waals surface area contributed by atoms with E-state index in [0.717, 1.165) is 26.8 Å². The number of hydrogen-bond acceptors (Lipinski definition) is 5. The molecular formula is C17H21N5OS. The van der Waals surface area contributed by atoms with Crippen LogP contribution in [0.25, 0.3) is 4.96 Å². The number of amides is 1. The summed E-state index contributed by atoms with van der Waals surface area (Å²) in [5.41, 5.74) is 2.94. The van der Waals surface area contributed by atoms with E-state index < -0.39 is 0 Å². The fourth-order valence-electron chi connectivity index (χ4n) is 2.73. The lowest BCUT2D eigenvalue weighted by Crippen LogP contribution is -2.36. The fraction of sp³-hybridized carbons (Fsp3) is 0.353. The average Bonchev–Trinajstić information content (AvgIpc) is 3.01. The molecule has 0 aliphatic heterocycles. The van der Waals surface area contributed by atoms with Gasteiger partial charge in [-0.1, -0.05) is 41.2 Å². The quantitative estimate of drug-likeness (QED) is 0.772. The largest absolute Gasteiger partial charge is 0.349 e. The molecule has 0 saturated heterocycles. The van der Waals surface area contributed by atoms with Crippen molar-refractivity contribution < 1.29 is 4.79 Å². The molecule has 126 valence electrons. The lowest BCUT2D eigenvalue weighted by Gasteiger charge is -2.24. The van der Waals surface area contributed by atoms with E-state index in [1.165, 1.54) is 11.3 Å².